The average Bonchev–Trinajstić information content (AvgIpc) is 2.90. The Morgan fingerprint density at radius 3 is 3.00 bits per heavy atom. The number of fused-ring (bicyclic) bond motifs is 2. The minimum absolute atomic E-state index is 0.0423. The summed E-state index contributed by atoms with van der Waals surface area (Å²) in [5.74, 6) is 0.743. The zero-order valence-corrected chi connectivity index (χ0v) is 15.3. The van der Waals surface area contributed by atoms with Crippen LogP contribution in [0.2, 0.25) is 0 Å². The van der Waals surface area contributed by atoms with E-state index in [1.807, 2.05) is 4.90 Å². The van der Waals surface area contributed by atoms with Crippen molar-refractivity contribution in [1.29, 1.82) is 4.78 Å². The smallest absolute Gasteiger partial charge is 0.317 e. The Hall–Kier alpha value is -1.12. The van der Waals surface area contributed by atoms with E-state index in [1.165, 1.54) is 0 Å². The van der Waals surface area contributed by atoms with Crippen LogP contribution in [0.4, 0.5) is 4.79 Å². The molecule has 2 amide bonds. The predicted octanol–water partition coefficient (Wildman–Crippen LogP) is 1.34. The van der Waals surface area contributed by atoms with Gasteiger partial charge in [-0.25, -0.2) is 9.00 Å². The van der Waals surface area contributed by atoms with Crippen molar-refractivity contribution in [1.82, 2.24) is 10.2 Å². The van der Waals surface area contributed by atoms with Gasteiger partial charge < -0.3 is 19.7 Å². The van der Waals surface area contributed by atoms with Crippen LogP contribution in [-0.2, 0) is 19.2 Å². The maximum atomic E-state index is 12.7. The topological polar surface area (TPSA) is 91.7 Å². The van der Waals surface area contributed by atoms with Crippen LogP contribution in [0.25, 0.3) is 0 Å². The van der Waals surface area contributed by atoms with Crippen LogP contribution in [0.3, 0.4) is 0 Å². The van der Waals surface area contributed by atoms with E-state index in [1.54, 1.807) is 0 Å². The first-order chi connectivity index (χ1) is 11.9. The van der Waals surface area contributed by atoms with Crippen molar-refractivity contribution in [2.24, 2.45) is 5.41 Å². The Kier molecular flexibility index (Phi) is 4.32. The molecule has 0 aromatic rings. The van der Waals surface area contributed by atoms with Gasteiger partial charge in [-0.1, -0.05) is 12.2 Å². The molecule has 0 saturated carbocycles. The molecule has 1 aliphatic carbocycles. The number of nitrogens with zero attached hydrogens (tertiary/aromatic N) is 1. The molecular weight excluding hydrogens is 342 g/mol. The number of ether oxygens (including phenoxy) is 2. The Bertz CT molecular complexity index is 663. The maximum Gasteiger partial charge on any atom is 0.317 e. The van der Waals surface area contributed by atoms with Crippen LogP contribution in [-0.4, -0.2) is 71.2 Å². The summed E-state index contributed by atoms with van der Waals surface area (Å²) < 4.78 is 31.4. The summed E-state index contributed by atoms with van der Waals surface area (Å²) in [4.78, 5) is 14.5. The van der Waals surface area contributed by atoms with Crippen molar-refractivity contribution in [3.8, 4) is 0 Å². The minimum Gasteiger partial charge on any atom is -0.373 e. The van der Waals surface area contributed by atoms with Gasteiger partial charge in [0.25, 0.3) is 0 Å². The van der Waals surface area contributed by atoms with E-state index in [0.29, 0.717) is 57.2 Å². The number of urea groups is 1. The second kappa shape index (κ2) is 6.25. The molecule has 4 aliphatic rings. The van der Waals surface area contributed by atoms with Crippen LogP contribution < -0.4 is 5.32 Å². The summed E-state index contributed by atoms with van der Waals surface area (Å²) in [6.07, 6.45) is 7.62. The molecular formula is C17H27N3O4S. The van der Waals surface area contributed by atoms with E-state index < -0.39 is 15.3 Å². The highest BCUT2D eigenvalue weighted by Gasteiger charge is 2.44. The summed E-state index contributed by atoms with van der Waals surface area (Å²) in [5.41, 5.74) is -0.369. The highest BCUT2D eigenvalue weighted by molar-refractivity contribution is 7.92. The van der Waals surface area contributed by atoms with Crippen LogP contribution in [0.15, 0.2) is 12.2 Å². The third-order valence-corrected chi connectivity index (χ3v) is 7.79. The first-order valence-electron chi connectivity index (χ1n) is 9.09. The Labute approximate surface area is 149 Å². The molecule has 1 spiro atoms. The van der Waals surface area contributed by atoms with Gasteiger partial charge in [0.05, 0.1) is 31.5 Å². The van der Waals surface area contributed by atoms with E-state index in [4.69, 9.17) is 14.3 Å². The molecule has 0 aromatic heterocycles. The molecule has 7 nitrogen and oxygen atoms in total. The van der Waals surface area contributed by atoms with Gasteiger partial charge in [-0.2, -0.15) is 0 Å². The molecule has 2 atom stereocenters. The largest absolute Gasteiger partial charge is 0.373 e. The van der Waals surface area contributed by atoms with E-state index in [9.17, 15) is 9.00 Å². The number of carbonyl (C=O) groups excluding carboxylic acids is 1. The Morgan fingerprint density at radius 1 is 1.40 bits per heavy atom. The second-order valence-corrected chi connectivity index (χ2v) is 10.5. The van der Waals surface area contributed by atoms with Gasteiger partial charge in [-0.15, -0.1) is 0 Å². The van der Waals surface area contributed by atoms with Crippen LogP contribution in [0.1, 0.15) is 25.7 Å². The molecule has 3 aliphatic heterocycles. The number of rotatable bonds is 2. The summed E-state index contributed by atoms with van der Waals surface area (Å²) in [7, 11) is -2.45. The van der Waals surface area contributed by atoms with Gasteiger partial charge in [0.2, 0.25) is 0 Å². The first-order valence-corrected chi connectivity index (χ1v) is 11.0. The molecule has 3 heterocycles. The van der Waals surface area contributed by atoms with Gasteiger partial charge in [0.1, 0.15) is 0 Å². The number of carbonyl (C=O) groups is 1. The fraction of sp³-hybridized carbons (Fsp3) is 0.824. The van der Waals surface area contributed by atoms with E-state index in [0.717, 1.165) is 12.8 Å². The normalized spacial score (nSPS) is 43.4. The zero-order chi connectivity index (χ0) is 17.5. The SMILES string of the molecule is N=S1(=O)CCC2(CC1)CN(C(=O)NCC13CC=CC(C1)OC3)CCO2. The van der Waals surface area contributed by atoms with E-state index in [2.05, 4.69) is 17.5 Å². The molecule has 140 valence electrons. The van der Waals surface area contributed by atoms with Gasteiger partial charge >= 0.3 is 6.03 Å². The third-order valence-electron chi connectivity index (χ3n) is 6.06. The summed E-state index contributed by atoms with van der Waals surface area (Å²) in [6.45, 7) is 2.95. The molecule has 3 saturated heterocycles. The zero-order valence-electron chi connectivity index (χ0n) is 14.5. The quantitative estimate of drug-likeness (QED) is 0.719. The molecule has 0 aromatic carbocycles. The minimum atomic E-state index is -2.45. The Morgan fingerprint density at radius 2 is 2.20 bits per heavy atom. The average molecular weight is 369 g/mol. The summed E-state index contributed by atoms with van der Waals surface area (Å²) in [6, 6.07) is -0.0489. The van der Waals surface area contributed by atoms with Crippen molar-refractivity contribution in [3.05, 3.63) is 12.2 Å². The van der Waals surface area contributed by atoms with Crippen LogP contribution in [0.5, 0.6) is 0 Å². The van der Waals surface area contributed by atoms with Crippen molar-refractivity contribution >= 4 is 15.8 Å². The van der Waals surface area contributed by atoms with Crippen LogP contribution in [0, 0.1) is 10.2 Å². The second-order valence-electron chi connectivity index (χ2n) is 8.02. The van der Waals surface area contributed by atoms with Crippen molar-refractivity contribution in [2.45, 2.75) is 37.4 Å². The number of nitrogens with one attached hydrogen (secondary N) is 2. The Balaban J connectivity index is 1.34. The molecule has 2 bridgehead atoms. The van der Waals surface area contributed by atoms with E-state index >= 15 is 0 Å². The van der Waals surface area contributed by atoms with Gasteiger partial charge in [-0.05, 0) is 25.7 Å². The summed E-state index contributed by atoms with van der Waals surface area (Å²) >= 11 is 0. The summed E-state index contributed by atoms with van der Waals surface area (Å²) in [5, 5.41) is 3.10. The lowest BCUT2D eigenvalue weighted by molar-refractivity contribution is -0.102. The van der Waals surface area contributed by atoms with Gasteiger partial charge in [-0.3, -0.25) is 4.78 Å². The number of hydrogen-bond acceptors (Lipinski definition) is 5. The highest BCUT2D eigenvalue weighted by Crippen LogP contribution is 2.40. The molecule has 4 rings (SSSR count). The molecule has 2 unspecified atom stereocenters. The monoisotopic (exact) mass is 369 g/mol. The molecule has 3 fully saturated rings. The highest BCUT2D eigenvalue weighted by atomic mass is 32.2. The van der Waals surface area contributed by atoms with Crippen molar-refractivity contribution in [3.63, 3.8) is 0 Å². The maximum absolute atomic E-state index is 12.7. The van der Waals surface area contributed by atoms with Gasteiger partial charge in [0.15, 0.2) is 0 Å². The third kappa shape index (κ3) is 3.57. The molecule has 8 heteroatoms. The molecule has 2 N–H and O–H groups in total. The molecule has 0 radical (unpaired) electrons. The predicted molar refractivity (Wildman–Crippen MR) is 94.0 cm³/mol. The number of allylic oxidation sites excluding steroid dienone is 1. The standard InChI is InChI=1S/C17H27N3O4S/c18-25(22)8-4-17(5-9-25)12-20(6-7-24-17)15(21)19-11-16-3-1-2-14(10-16)23-13-16/h1-2,14,18H,3-13H2,(H,19,21). The lowest BCUT2D eigenvalue weighted by Crippen LogP contribution is -2.58. The fourth-order valence-corrected chi connectivity index (χ4v) is 5.99. The number of morpholine rings is 1. The van der Waals surface area contributed by atoms with Gasteiger partial charge in [0, 0.05) is 39.7 Å². The fourth-order valence-electron chi connectivity index (χ4n) is 4.38. The van der Waals surface area contributed by atoms with Crippen LogP contribution >= 0.6 is 0 Å². The lowest BCUT2D eigenvalue weighted by atomic mass is 9.79. The molecule has 25 heavy (non-hydrogen) atoms. The van der Waals surface area contributed by atoms with Crippen molar-refractivity contribution < 1.29 is 18.5 Å². The van der Waals surface area contributed by atoms with Crippen molar-refractivity contribution in [2.75, 3.05) is 44.4 Å². The number of hydrogen-bond donors (Lipinski definition) is 2. The lowest BCUT2D eigenvalue weighted by Gasteiger charge is -2.45. The van der Waals surface area contributed by atoms with E-state index in [-0.39, 0.29) is 17.6 Å². The first kappa shape index (κ1) is 17.3. The number of amides is 2.